The SMILES string of the molecule is CCC1(F)CCN(c2c(F)cc3cc(C#N)c(=O)n(C4CC4)c3c2C)C1.CCC1(F)CCN(c2c(F)cc3cc(CN)c(=O)n(C4CC4)c3c2C)C1.COC(=O)c1cc(F)c(Br)c(C)c1N.Cc1c(Br)c(F)cc(C=O)c1NC1CC1.Cc1c(Br)c(F)cc2cc(C#N)c(=O)n(C3CC3)c12.Cc1c(N)c(C=O)cc(F)c1Br.Cc1c(N)c(CO)cc(F)c1Br.Cc1c(N2CCC(F)(CN)C2)c(F)cc2cc(CN)c(=O)n(C3CC3)c12. The summed E-state index contributed by atoms with van der Waals surface area (Å²) in [5, 5.41) is 32.8. The highest BCUT2D eigenvalue weighted by molar-refractivity contribution is 9.11. The Morgan fingerprint density at radius 2 is 0.747 bits per heavy atom. The highest BCUT2D eigenvalue weighted by atomic mass is 79.9. The number of carbonyl (C=O) groups is 3. The smallest absolute Gasteiger partial charge is 0.340 e. The summed E-state index contributed by atoms with van der Waals surface area (Å²) in [6.45, 7) is 19.3. The third-order valence-electron chi connectivity index (χ3n) is 28.7. The number of halogens is 16. The van der Waals surface area contributed by atoms with Crippen LogP contribution >= 0.6 is 79.6 Å². The van der Waals surface area contributed by atoms with Crippen LogP contribution in [0.4, 0.5) is 88.1 Å². The van der Waals surface area contributed by atoms with Gasteiger partial charge in [0.1, 0.15) is 86.8 Å². The Kier molecular flexibility index (Phi) is 36.5. The van der Waals surface area contributed by atoms with E-state index in [-0.39, 0.29) is 143 Å². The van der Waals surface area contributed by atoms with E-state index in [2.05, 4.69) is 89.7 Å². The monoisotopic (exact) mass is 2400 g/mol. The van der Waals surface area contributed by atoms with Crippen molar-refractivity contribution in [3.05, 3.63) is 272 Å². The zero-order chi connectivity index (χ0) is 110. The van der Waals surface area contributed by atoms with Gasteiger partial charge in [-0.1, -0.05) is 13.8 Å². The van der Waals surface area contributed by atoms with E-state index < -0.39 is 57.9 Å². The number of pyridine rings is 4. The fourth-order valence-electron chi connectivity index (χ4n) is 19.3. The summed E-state index contributed by atoms with van der Waals surface area (Å²) in [5.74, 6) is -4.01. The number of anilines is 7. The lowest BCUT2D eigenvalue weighted by Gasteiger charge is -2.25. The molecule has 798 valence electrons. The first-order valence-corrected chi connectivity index (χ1v) is 52.9. The van der Waals surface area contributed by atoms with Crippen LogP contribution in [0.15, 0.2) is 114 Å². The van der Waals surface area contributed by atoms with E-state index in [1.54, 1.807) is 93.6 Å². The molecule has 25 nitrogen and oxygen atoms in total. The van der Waals surface area contributed by atoms with Crippen LogP contribution < -0.4 is 76.7 Å². The standard InChI is InChI=1S/C20H25F2N3O.C20H21F2N3O.C19H24F2N4O.C14H10BrFN2O.C11H11BrFNO.C9H9BrFNO2.C8H9BrFNO.C8H7BrFNO/c2*1-3-20(22)6-7-24(11-20)18-12(2)17-13(9-16(18)21)8-14(10-23)19(26)25(17)15-4-5-15;1-11-16-12(6-13(8-22)18(26)25(16)14-2-3-14)7-15(20)17(11)24-5-4-19(21,9-23)10-24;1-7-12(15)11(16)5-8-4-9(6-17)14(19)18(13(7)8)10-2-3-10;1-6-10(12)9(13)4-7(5-15)11(6)14-8-2-3-8;1-4-7(10)6(11)3-5(8(4)12)9(13)14-2;2*1-4-7(9)6(10)2-5(3-12)8(4)11/h8-9,15H,3-7,10-11,23H2,1-2H3;8-9,15H,3-7,11H2,1-2H3;6-7,14H,2-5,8-10,22-23H2,1H3;4-5,10H,2-3H2,1H3;4-5,8,14H,2-3H2,1H3;3H,12H2,1-2H3;2,12H,3,11H2,1H3;2-3H,11H2,1H3. The van der Waals surface area contributed by atoms with Gasteiger partial charge in [-0.05, 0) is 329 Å². The predicted molar refractivity (Wildman–Crippen MR) is 583 cm³/mol. The first kappa shape index (κ1) is 116. The number of nitrogen functional groups attached to an aromatic ring is 3. The maximum Gasteiger partial charge on any atom is 0.340 e. The van der Waals surface area contributed by atoms with Gasteiger partial charge >= 0.3 is 5.97 Å². The Balaban J connectivity index is 0.000000145. The molecular weight excluding hydrogens is 2290 g/mol. The summed E-state index contributed by atoms with van der Waals surface area (Å²) in [4.78, 5) is 88.2. The number of carbonyl (C=O) groups excluding carboxylic acids is 3. The summed E-state index contributed by atoms with van der Waals surface area (Å²) < 4.78 is 168. The molecule has 150 heavy (non-hydrogen) atoms. The largest absolute Gasteiger partial charge is 0.465 e. The van der Waals surface area contributed by atoms with E-state index in [0.717, 1.165) is 104 Å². The van der Waals surface area contributed by atoms with Crippen molar-refractivity contribution in [1.29, 1.82) is 10.5 Å². The van der Waals surface area contributed by atoms with Gasteiger partial charge in [-0.25, -0.2) is 53.1 Å². The van der Waals surface area contributed by atoms with E-state index >= 15 is 0 Å². The van der Waals surface area contributed by atoms with Gasteiger partial charge in [0.25, 0.3) is 22.2 Å². The van der Waals surface area contributed by atoms with Gasteiger partial charge in [0.15, 0.2) is 12.6 Å². The molecule has 0 bridgehead atoms. The Morgan fingerprint density at radius 3 is 1.09 bits per heavy atom. The molecular formula is C109H116Br5F11N16O9. The number of methoxy groups -OCH3 is 1. The van der Waals surface area contributed by atoms with E-state index in [1.165, 1.54) is 55.6 Å². The van der Waals surface area contributed by atoms with Crippen molar-refractivity contribution in [2.45, 2.75) is 232 Å². The topological polar surface area (TPSA) is 394 Å². The second-order valence-corrected chi connectivity index (χ2v) is 43.1. The molecule has 8 fully saturated rings. The number of benzene rings is 8. The molecule has 8 aromatic carbocycles. The molecule has 3 aliphatic heterocycles. The summed E-state index contributed by atoms with van der Waals surface area (Å²) in [7, 11) is 1.22. The van der Waals surface area contributed by atoms with E-state index in [9.17, 15) is 87.1 Å². The van der Waals surface area contributed by atoms with Crippen molar-refractivity contribution in [2.24, 2.45) is 17.2 Å². The molecule has 4 aromatic heterocycles. The first-order valence-electron chi connectivity index (χ1n) is 48.9. The molecule has 14 N–H and O–H groups in total. The third kappa shape index (κ3) is 24.2. The summed E-state index contributed by atoms with van der Waals surface area (Å²) in [6, 6.07) is 21.4. The molecule has 3 atom stereocenters. The number of aliphatic hydroxyl groups excluding tert-OH is 1. The van der Waals surface area contributed by atoms with Crippen molar-refractivity contribution < 1.29 is 72.5 Å². The molecule has 12 aromatic rings. The lowest BCUT2D eigenvalue weighted by Crippen LogP contribution is -2.36. The lowest BCUT2D eigenvalue weighted by atomic mass is 10.0. The molecule has 8 aliphatic rings. The highest BCUT2D eigenvalue weighted by Crippen LogP contribution is 2.48. The van der Waals surface area contributed by atoms with Gasteiger partial charge in [-0.3, -0.25) is 28.8 Å². The predicted octanol–water partition coefficient (Wildman–Crippen LogP) is 22.9. The maximum absolute atomic E-state index is 15.0. The number of aldehydes is 2. The Morgan fingerprint density at radius 1 is 0.427 bits per heavy atom. The number of nitrogens with two attached hydrogens (primary N) is 6. The minimum atomic E-state index is -1.49. The number of nitriles is 2. The van der Waals surface area contributed by atoms with Gasteiger partial charge < -0.3 is 82.5 Å². The van der Waals surface area contributed by atoms with Gasteiger partial charge in [0, 0.05) is 155 Å². The van der Waals surface area contributed by atoms with Crippen molar-refractivity contribution >= 4 is 182 Å². The number of alkyl halides is 3. The molecule has 3 unspecified atom stereocenters. The highest BCUT2D eigenvalue weighted by Gasteiger charge is 2.44. The Hall–Kier alpha value is -11.5. The summed E-state index contributed by atoms with van der Waals surface area (Å²) in [5.41, 5.74) is 42.0. The van der Waals surface area contributed by atoms with Crippen LogP contribution in [0.5, 0.6) is 0 Å². The molecule has 20 rings (SSSR count). The molecule has 0 radical (unpaired) electrons. The summed E-state index contributed by atoms with van der Waals surface area (Å²) >= 11 is 15.5. The second kappa shape index (κ2) is 47.4. The van der Waals surface area contributed by atoms with E-state index in [1.807, 2.05) is 32.9 Å². The Labute approximate surface area is 900 Å². The molecule has 0 spiro atoms. The average molecular weight is 2400 g/mol. The van der Waals surface area contributed by atoms with Crippen LogP contribution in [0.25, 0.3) is 43.6 Å². The first-order chi connectivity index (χ1) is 70.9. The quantitative estimate of drug-likeness (QED) is 0.0171. The second-order valence-electron chi connectivity index (χ2n) is 39.1. The fourth-order valence-corrected chi connectivity index (χ4v) is 20.9. The molecule has 41 heteroatoms. The normalized spacial score (nSPS) is 17.9. The van der Waals surface area contributed by atoms with Gasteiger partial charge in [0.05, 0.1) is 106 Å². The van der Waals surface area contributed by atoms with E-state index in [0.29, 0.717) is 199 Å². The van der Waals surface area contributed by atoms with E-state index in [4.69, 9.17) is 44.8 Å². The number of aromatic nitrogens is 4. The zero-order valence-corrected chi connectivity index (χ0v) is 92.3. The number of esters is 1. The van der Waals surface area contributed by atoms with Gasteiger partial charge in [0.2, 0.25) is 0 Å². The van der Waals surface area contributed by atoms with Crippen LogP contribution in [-0.4, -0.2) is 118 Å². The Bertz CT molecular complexity index is 7580. The molecule has 7 heterocycles. The molecule has 3 saturated heterocycles. The van der Waals surface area contributed by atoms with Crippen molar-refractivity contribution in [2.75, 3.05) is 90.1 Å². The number of hydrogen-bond donors (Lipinski definition) is 8. The number of nitrogens with zero attached hydrogens (tertiary/aromatic N) is 9. The number of rotatable bonds is 18. The number of aryl methyl sites for hydroxylation is 4. The van der Waals surface area contributed by atoms with Crippen molar-refractivity contribution in [3.63, 3.8) is 0 Å². The molecule has 5 saturated carbocycles. The fraction of sp³-hybridized carbons (Fsp3) is 0.404. The van der Waals surface area contributed by atoms with Crippen LogP contribution in [0.2, 0.25) is 0 Å². The van der Waals surface area contributed by atoms with Crippen LogP contribution in [-0.2, 0) is 24.4 Å². The number of nitrogens with one attached hydrogen (secondary N) is 1. The number of ether oxygens (including phenoxy) is 1. The summed E-state index contributed by atoms with van der Waals surface area (Å²) in [6.07, 6.45) is 12.7. The lowest BCUT2D eigenvalue weighted by molar-refractivity contribution is 0.0600. The number of hydrogen-bond acceptors (Lipinski definition) is 21. The minimum Gasteiger partial charge on any atom is -0.465 e. The van der Waals surface area contributed by atoms with Gasteiger partial charge in [-0.2, -0.15) is 10.5 Å². The molecule has 0 amide bonds. The van der Waals surface area contributed by atoms with Crippen LogP contribution in [0.3, 0.4) is 0 Å². The van der Waals surface area contributed by atoms with Crippen molar-refractivity contribution in [1.82, 2.24) is 18.3 Å². The van der Waals surface area contributed by atoms with Crippen molar-refractivity contribution in [3.8, 4) is 12.1 Å². The number of aliphatic hydroxyl groups is 1. The zero-order valence-electron chi connectivity index (χ0n) is 84.4. The minimum absolute atomic E-state index is 0.0332. The van der Waals surface area contributed by atoms with Crippen LogP contribution in [0, 0.1) is 125 Å². The average Bonchev–Trinajstić information content (AvgIpc) is 1.54. The third-order valence-corrected chi connectivity index (χ3v) is 33.6. The van der Waals surface area contributed by atoms with Gasteiger partial charge in [-0.15, -0.1) is 0 Å². The maximum atomic E-state index is 15.0. The van der Waals surface area contributed by atoms with Crippen LogP contribution in [0.1, 0.15) is 238 Å². The molecule has 5 aliphatic carbocycles. The number of fused-ring (bicyclic) bond motifs is 4.